The van der Waals surface area contributed by atoms with Crippen LogP contribution in [0.25, 0.3) is 0 Å². The molecule has 1 fully saturated rings. The smallest absolute Gasteiger partial charge is 0.307 e. The summed E-state index contributed by atoms with van der Waals surface area (Å²) in [7, 11) is 1.32. The Hall–Kier alpha value is -1.92. The van der Waals surface area contributed by atoms with Crippen LogP contribution in [0.2, 0.25) is 5.02 Å². The number of amides is 1. The molecule has 1 atom stereocenters. The van der Waals surface area contributed by atoms with Gasteiger partial charge in [0.1, 0.15) is 0 Å². The van der Waals surface area contributed by atoms with Crippen molar-refractivity contribution < 1.29 is 23.9 Å². The van der Waals surface area contributed by atoms with Crippen LogP contribution in [0.3, 0.4) is 0 Å². The summed E-state index contributed by atoms with van der Waals surface area (Å²) in [6, 6.07) is 6.60. The minimum atomic E-state index is -0.368. The van der Waals surface area contributed by atoms with E-state index < -0.39 is 0 Å². The largest absolute Gasteiger partial charge is 0.469 e. The molecule has 1 saturated heterocycles. The number of carbonyl (C=O) groups is 3. The fraction of sp³-hybridized carbons (Fsp3) is 0.526. The average Bonchev–Trinajstić information content (AvgIpc) is 3.16. The highest BCUT2D eigenvalue weighted by Gasteiger charge is 2.23. The molecule has 6 nitrogen and oxygen atoms in total. The molecule has 0 spiro atoms. The molecule has 1 aliphatic heterocycles. The zero-order valence-electron chi connectivity index (χ0n) is 14.9. The monoisotopic (exact) mass is 381 g/mol. The van der Waals surface area contributed by atoms with Crippen molar-refractivity contribution >= 4 is 29.3 Å². The zero-order valence-corrected chi connectivity index (χ0v) is 15.7. The standard InChI is InChI=1S/C19H24ClNO5/c1-25-19(24)10-11-21(13-16-3-2-12-26-16)18(23)9-8-17(22)14-4-6-15(20)7-5-14/h4-7,16H,2-3,8-13H2,1H3. The van der Waals surface area contributed by atoms with E-state index in [0.717, 1.165) is 12.8 Å². The molecule has 7 heteroatoms. The van der Waals surface area contributed by atoms with Crippen LogP contribution in [0.4, 0.5) is 0 Å². The molecule has 2 rings (SSSR count). The maximum Gasteiger partial charge on any atom is 0.307 e. The zero-order chi connectivity index (χ0) is 18.9. The Kier molecular flexibility index (Phi) is 8.06. The van der Waals surface area contributed by atoms with E-state index in [-0.39, 0.29) is 49.6 Å². The molecule has 1 unspecified atom stereocenters. The first kappa shape index (κ1) is 20.4. The Labute approximate surface area is 158 Å². The Morgan fingerprint density at radius 3 is 2.54 bits per heavy atom. The Balaban J connectivity index is 1.89. The van der Waals surface area contributed by atoms with Gasteiger partial charge >= 0.3 is 5.97 Å². The fourth-order valence-electron chi connectivity index (χ4n) is 2.84. The lowest BCUT2D eigenvalue weighted by Gasteiger charge is -2.25. The minimum Gasteiger partial charge on any atom is -0.469 e. The molecule has 0 N–H and O–H groups in total. The predicted octanol–water partition coefficient (Wildman–Crippen LogP) is 2.87. The molecule has 1 aromatic rings. The first-order chi connectivity index (χ1) is 12.5. The molecule has 142 valence electrons. The van der Waals surface area contributed by atoms with Gasteiger partial charge in [0.05, 0.1) is 19.6 Å². The number of hydrogen-bond acceptors (Lipinski definition) is 5. The number of ether oxygens (including phenoxy) is 2. The maximum absolute atomic E-state index is 12.6. The highest BCUT2D eigenvalue weighted by molar-refractivity contribution is 6.30. The van der Waals surface area contributed by atoms with Crippen molar-refractivity contribution in [2.24, 2.45) is 0 Å². The molecule has 0 bridgehead atoms. The van der Waals surface area contributed by atoms with Crippen LogP contribution in [-0.4, -0.2) is 55.5 Å². The summed E-state index contributed by atoms with van der Waals surface area (Å²) in [6.45, 7) is 1.39. The lowest BCUT2D eigenvalue weighted by Crippen LogP contribution is -2.39. The van der Waals surface area contributed by atoms with Crippen LogP contribution in [-0.2, 0) is 19.1 Å². The molecular formula is C19H24ClNO5. The van der Waals surface area contributed by atoms with Crippen molar-refractivity contribution in [2.75, 3.05) is 26.8 Å². The Morgan fingerprint density at radius 2 is 1.92 bits per heavy atom. The summed E-state index contributed by atoms with van der Waals surface area (Å²) < 4.78 is 10.2. The van der Waals surface area contributed by atoms with Crippen LogP contribution in [0, 0.1) is 0 Å². The highest BCUT2D eigenvalue weighted by atomic mass is 35.5. The number of carbonyl (C=O) groups excluding carboxylic acids is 3. The van der Waals surface area contributed by atoms with E-state index in [0.29, 0.717) is 23.7 Å². The summed E-state index contributed by atoms with van der Waals surface area (Å²) >= 11 is 5.82. The topological polar surface area (TPSA) is 72.9 Å². The van der Waals surface area contributed by atoms with Gasteiger partial charge in [-0.3, -0.25) is 14.4 Å². The fourth-order valence-corrected chi connectivity index (χ4v) is 2.96. The van der Waals surface area contributed by atoms with Gasteiger partial charge in [0.2, 0.25) is 5.91 Å². The minimum absolute atomic E-state index is 0.0106. The SMILES string of the molecule is COC(=O)CCN(CC1CCCO1)C(=O)CCC(=O)c1ccc(Cl)cc1. The third-order valence-corrected chi connectivity index (χ3v) is 4.60. The maximum atomic E-state index is 12.6. The molecule has 0 saturated carbocycles. The molecular weight excluding hydrogens is 358 g/mol. The van der Waals surface area contributed by atoms with E-state index in [9.17, 15) is 14.4 Å². The van der Waals surface area contributed by atoms with Crippen molar-refractivity contribution in [3.63, 3.8) is 0 Å². The van der Waals surface area contributed by atoms with Gasteiger partial charge < -0.3 is 14.4 Å². The van der Waals surface area contributed by atoms with E-state index in [1.807, 2.05) is 0 Å². The molecule has 0 radical (unpaired) electrons. The van der Waals surface area contributed by atoms with Gasteiger partial charge in [-0.15, -0.1) is 0 Å². The van der Waals surface area contributed by atoms with Crippen molar-refractivity contribution in [1.29, 1.82) is 0 Å². The van der Waals surface area contributed by atoms with E-state index in [4.69, 9.17) is 16.3 Å². The third kappa shape index (κ3) is 6.42. The van der Waals surface area contributed by atoms with Gasteiger partial charge in [-0.25, -0.2) is 0 Å². The second kappa shape index (κ2) is 10.3. The van der Waals surface area contributed by atoms with Crippen LogP contribution < -0.4 is 0 Å². The Morgan fingerprint density at radius 1 is 1.19 bits per heavy atom. The van der Waals surface area contributed by atoms with Crippen molar-refractivity contribution in [1.82, 2.24) is 4.90 Å². The number of benzene rings is 1. The first-order valence-electron chi connectivity index (χ1n) is 8.74. The van der Waals surface area contributed by atoms with Crippen LogP contribution >= 0.6 is 11.6 Å². The number of ketones is 1. The van der Waals surface area contributed by atoms with Gasteiger partial charge in [0.25, 0.3) is 0 Å². The van der Waals surface area contributed by atoms with E-state index in [2.05, 4.69) is 4.74 Å². The predicted molar refractivity (Wildman–Crippen MR) is 97.2 cm³/mol. The third-order valence-electron chi connectivity index (χ3n) is 4.35. The molecule has 0 aliphatic carbocycles. The van der Waals surface area contributed by atoms with E-state index in [1.54, 1.807) is 29.2 Å². The van der Waals surface area contributed by atoms with Gasteiger partial charge in [-0.05, 0) is 37.1 Å². The number of methoxy groups -OCH3 is 1. The van der Waals surface area contributed by atoms with Crippen molar-refractivity contribution in [3.05, 3.63) is 34.9 Å². The van der Waals surface area contributed by atoms with Gasteiger partial charge in [-0.2, -0.15) is 0 Å². The molecule has 1 heterocycles. The van der Waals surface area contributed by atoms with Gasteiger partial charge in [0.15, 0.2) is 5.78 Å². The van der Waals surface area contributed by atoms with Crippen molar-refractivity contribution in [3.8, 4) is 0 Å². The van der Waals surface area contributed by atoms with Crippen molar-refractivity contribution in [2.45, 2.75) is 38.2 Å². The van der Waals surface area contributed by atoms with Gasteiger partial charge in [-0.1, -0.05) is 11.6 Å². The molecule has 26 heavy (non-hydrogen) atoms. The second-order valence-corrected chi connectivity index (χ2v) is 6.67. The normalized spacial score (nSPS) is 16.3. The number of hydrogen-bond donors (Lipinski definition) is 0. The molecule has 0 aromatic heterocycles. The molecule has 1 aliphatic rings. The highest BCUT2D eigenvalue weighted by Crippen LogP contribution is 2.16. The van der Waals surface area contributed by atoms with Crippen LogP contribution in [0.1, 0.15) is 42.5 Å². The van der Waals surface area contributed by atoms with Crippen LogP contribution in [0.5, 0.6) is 0 Å². The second-order valence-electron chi connectivity index (χ2n) is 6.23. The molecule has 1 aromatic carbocycles. The summed E-state index contributed by atoms with van der Waals surface area (Å²) in [5, 5.41) is 0.558. The lowest BCUT2D eigenvalue weighted by atomic mass is 10.1. The number of esters is 1. The summed E-state index contributed by atoms with van der Waals surface area (Å²) in [5.74, 6) is -0.640. The molecule has 1 amide bonds. The van der Waals surface area contributed by atoms with Crippen LogP contribution in [0.15, 0.2) is 24.3 Å². The number of rotatable bonds is 9. The quantitative estimate of drug-likeness (QED) is 0.485. The summed E-state index contributed by atoms with van der Waals surface area (Å²) in [5.41, 5.74) is 0.530. The Bertz CT molecular complexity index is 625. The number of Topliss-reactive ketones (excluding diaryl/α,β-unsaturated/α-hetero) is 1. The van der Waals surface area contributed by atoms with Gasteiger partial charge in [0, 0.05) is 43.1 Å². The summed E-state index contributed by atoms with van der Waals surface area (Å²) in [4.78, 5) is 37.8. The summed E-state index contributed by atoms with van der Waals surface area (Å²) in [6.07, 6.45) is 2.18. The first-order valence-corrected chi connectivity index (χ1v) is 9.12. The lowest BCUT2D eigenvalue weighted by molar-refractivity contribution is -0.142. The number of nitrogens with zero attached hydrogens (tertiary/aromatic N) is 1. The van der Waals surface area contributed by atoms with E-state index in [1.165, 1.54) is 7.11 Å². The number of halogens is 1. The van der Waals surface area contributed by atoms with E-state index >= 15 is 0 Å². The average molecular weight is 382 g/mol.